The van der Waals surface area contributed by atoms with Crippen LogP contribution in [0.25, 0.3) is 33.3 Å². The molecule has 160 valence electrons. The van der Waals surface area contributed by atoms with E-state index in [4.69, 9.17) is 9.47 Å². The molecule has 0 unspecified atom stereocenters. The Bertz CT molecular complexity index is 1310. The van der Waals surface area contributed by atoms with Crippen LogP contribution in [0.2, 0.25) is 0 Å². The van der Waals surface area contributed by atoms with Gasteiger partial charge in [-0.15, -0.1) is 0 Å². The zero-order valence-corrected chi connectivity index (χ0v) is 17.2. The molecule has 5 heterocycles. The van der Waals surface area contributed by atoms with Crippen LogP contribution in [0.15, 0.2) is 35.5 Å². The number of nitrogens with one attached hydrogen (secondary N) is 2. The Kier molecular flexibility index (Phi) is 5.03. The molecule has 5 rings (SSSR count). The van der Waals surface area contributed by atoms with Gasteiger partial charge in [0.05, 0.1) is 17.7 Å². The van der Waals surface area contributed by atoms with Gasteiger partial charge in [-0.25, -0.2) is 19.6 Å². The molecule has 0 spiro atoms. The highest BCUT2D eigenvalue weighted by Crippen LogP contribution is 2.27. The third-order valence-corrected chi connectivity index (χ3v) is 5.77. The molecule has 0 atom stereocenters. The Morgan fingerprint density at radius 1 is 1.19 bits per heavy atom. The number of pyridine rings is 2. The molecule has 1 fully saturated rings. The van der Waals surface area contributed by atoms with Gasteiger partial charge in [0.25, 0.3) is 0 Å². The number of hydrogen-bond acceptors (Lipinski definition) is 6. The first kappa shape index (κ1) is 19.5. The third kappa shape index (κ3) is 3.61. The van der Waals surface area contributed by atoms with Gasteiger partial charge in [-0.1, -0.05) is 0 Å². The zero-order chi connectivity index (χ0) is 21.4. The van der Waals surface area contributed by atoms with E-state index in [0.717, 1.165) is 42.7 Å². The van der Waals surface area contributed by atoms with Crippen LogP contribution in [-0.2, 0) is 16.0 Å². The topological polar surface area (TPSA) is 115 Å². The fourth-order valence-electron chi connectivity index (χ4n) is 4.10. The molecule has 1 aliphatic rings. The fraction of sp³-hybridized carbons (Fsp3) is 0.364. The van der Waals surface area contributed by atoms with Gasteiger partial charge in [0.15, 0.2) is 5.65 Å². The van der Waals surface area contributed by atoms with E-state index in [1.807, 2.05) is 12.1 Å². The number of rotatable bonds is 5. The number of carbonyl (C=O) groups excluding carboxylic acids is 1. The van der Waals surface area contributed by atoms with Gasteiger partial charge in [-0.3, -0.25) is 9.55 Å². The molecular weight excluding hydrogens is 398 g/mol. The number of carbonyl (C=O) groups is 1. The number of imidazole rings is 1. The first-order chi connectivity index (χ1) is 15.1. The van der Waals surface area contributed by atoms with Crippen molar-refractivity contribution in [1.29, 1.82) is 0 Å². The van der Waals surface area contributed by atoms with Crippen LogP contribution in [-0.4, -0.2) is 50.3 Å². The van der Waals surface area contributed by atoms with Gasteiger partial charge in [0, 0.05) is 54.9 Å². The minimum atomic E-state index is -0.391. The smallest absolute Gasteiger partial charge is 0.340 e. The van der Waals surface area contributed by atoms with E-state index in [0.29, 0.717) is 41.3 Å². The van der Waals surface area contributed by atoms with Crippen molar-refractivity contribution in [3.05, 3.63) is 46.8 Å². The quantitative estimate of drug-likeness (QED) is 0.479. The number of ether oxygens (including phenoxy) is 2. The van der Waals surface area contributed by atoms with Crippen molar-refractivity contribution in [2.24, 2.45) is 5.92 Å². The first-order valence-corrected chi connectivity index (χ1v) is 10.4. The van der Waals surface area contributed by atoms with Crippen molar-refractivity contribution < 1.29 is 14.3 Å². The van der Waals surface area contributed by atoms with E-state index < -0.39 is 5.97 Å². The highest BCUT2D eigenvalue weighted by atomic mass is 16.5. The van der Waals surface area contributed by atoms with Crippen molar-refractivity contribution in [2.45, 2.75) is 26.3 Å². The van der Waals surface area contributed by atoms with E-state index in [-0.39, 0.29) is 5.69 Å². The SMILES string of the molecule is CCOC(=O)c1c[nH]c2ncc(-c3cnc4[nH]c(=O)n(CC5CCOCC5)c4c3)cc12. The Morgan fingerprint density at radius 2 is 1.94 bits per heavy atom. The maximum atomic E-state index is 12.5. The lowest BCUT2D eigenvalue weighted by atomic mass is 10.0. The minimum absolute atomic E-state index is 0.157. The minimum Gasteiger partial charge on any atom is -0.462 e. The second kappa shape index (κ2) is 7.99. The average Bonchev–Trinajstić information content (AvgIpc) is 3.35. The van der Waals surface area contributed by atoms with E-state index in [2.05, 4.69) is 19.9 Å². The summed E-state index contributed by atoms with van der Waals surface area (Å²) in [5.41, 5.74) is 3.83. The maximum Gasteiger partial charge on any atom is 0.340 e. The van der Waals surface area contributed by atoms with E-state index >= 15 is 0 Å². The van der Waals surface area contributed by atoms with Gasteiger partial charge >= 0.3 is 11.7 Å². The predicted molar refractivity (Wildman–Crippen MR) is 115 cm³/mol. The van der Waals surface area contributed by atoms with Crippen LogP contribution in [0.3, 0.4) is 0 Å². The van der Waals surface area contributed by atoms with Gasteiger partial charge < -0.3 is 14.5 Å². The second-order valence-electron chi connectivity index (χ2n) is 7.73. The Hall–Kier alpha value is -3.46. The van der Waals surface area contributed by atoms with Crippen LogP contribution < -0.4 is 5.69 Å². The van der Waals surface area contributed by atoms with Gasteiger partial charge in [-0.05, 0) is 37.8 Å². The molecule has 9 nitrogen and oxygen atoms in total. The molecule has 9 heteroatoms. The lowest BCUT2D eigenvalue weighted by Crippen LogP contribution is -2.25. The van der Waals surface area contributed by atoms with Crippen LogP contribution >= 0.6 is 0 Å². The standard InChI is InChI=1S/C22H23N5O4/c1-2-31-21(28)17-11-25-19-16(17)7-14(9-23-19)15-8-18-20(24-10-15)26-22(29)27(18)12-13-3-5-30-6-4-13/h7-11,13H,2-6,12H2,1H3,(H,23,25)(H,24,26,29). The molecule has 0 aromatic carbocycles. The molecule has 0 aliphatic carbocycles. The van der Waals surface area contributed by atoms with Crippen molar-refractivity contribution in [1.82, 2.24) is 24.5 Å². The van der Waals surface area contributed by atoms with Crippen molar-refractivity contribution >= 4 is 28.2 Å². The summed E-state index contributed by atoms with van der Waals surface area (Å²) in [6, 6.07) is 3.83. The average molecular weight is 421 g/mol. The number of aromatic nitrogens is 5. The lowest BCUT2D eigenvalue weighted by molar-refractivity contribution is 0.0528. The summed E-state index contributed by atoms with van der Waals surface area (Å²) in [6.07, 6.45) is 6.92. The summed E-state index contributed by atoms with van der Waals surface area (Å²) >= 11 is 0. The van der Waals surface area contributed by atoms with E-state index in [9.17, 15) is 9.59 Å². The number of hydrogen-bond donors (Lipinski definition) is 2. The maximum absolute atomic E-state index is 12.5. The molecule has 4 aromatic rings. The van der Waals surface area contributed by atoms with Crippen molar-refractivity contribution in [2.75, 3.05) is 19.8 Å². The molecule has 1 saturated heterocycles. The van der Waals surface area contributed by atoms with Crippen molar-refractivity contribution in [3.8, 4) is 11.1 Å². The zero-order valence-electron chi connectivity index (χ0n) is 17.2. The fourth-order valence-corrected chi connectivity index (χ4v) is 4.10. The van der Waals surface area contributed by atoms with E-state index in [1.54, 1.807) is 30.1 Å². The van der Waals surface area contributed by atoms with Gasteiger partial charge in [0.2, 0.25) is 0 Å². The summed E-state index contributed by atoms with van der Waals surface area (Å²) in [5.74, 6) is 0.0105. The molecule has 4 aromatic heterocycles. The van der Waals surface area contributed by atoms with Crippen LogP contribution in [0.4, 0.5) is 0 Å². The molecule has 0 amide bonds. The van der Waals surface area contributed by atoms with Gasteiger partial charge in [0.1, 0.15) is 5.65 Å². The Morgan fingerprint density at radius 3 is 2.71 bits per heavy atom. The summed E-state index contributed by atoms with van der Waals surface area (Å²) in [5, 5.41) is 0.685. The number of aromatic amines is 2. The third-order valence-electron chi connectivity index (χ3n) is 5.77. The van der Waals surface area contributed by atoms with Crippen LogP contribution in [0.5, 0.6) is 0 Å². The highest BCUT2D eigenvalue weighted by molar-refractivity contribution is 6.04. The normalized spacial score (nSPS) is 15.0. The second-order valence-corrected chi connectivity index (χ2v) is 7.73. The number of fused-ring (bicyclic) bond motifs is 2. The molecule has 0 radical (unpaired) electrons. The summed E-state index contributed by atoms with van der Waals surface area (Å²) in [6.45, 7) is 4.17. The largest absolute Gasteiger partial charge is 0.462 e. The van der Waals surface area contributed by atoms with Crippen LogP contribution in [0, 0.1) is 5.92 Å². The molecule has 0 saturated carbocycles. The Labute approximate surface area is 177 Å². The summed E-state index contributed by atoms with van der Waals surface area (Å²) in [7, 11) is 0. The highest BCUT2D eigenvalue weighted by Gasteiger charge is 2.19. The molecule has 31 heavy (non-hydrogen) atoms. The number of esters is 1. The predicted octanol–water partition coefficient (Wildman–Crippen LogP) is 2.87. The van der Waals surface area contributed by atoms with Gasteiger partial charge in [-0.2, -0.15) is 0 Å². The molecule has 0 bridgehead atoms. The van der Waals surface area contributed by atoms with Crippen LogP contribution in [0.1, 0.15) is 30.1 Å². The monoisotopic (exact) mass is 421 g/mol. The summed E-state index contributed by atoms with van der Waals surface area (Å²) in [4.78, 5) is 39.5. The summed E-state index contributed by atoms with van der Waals surface area (Å²) < 4.78 is 12.3. The molecule has 1 aliphatic heterocycles. The van der Waals surface area contributed by atoms with E-state index in [1.165, 1.54) is 0 Å². The number of nitrogens with zero attached hydrogens (tertiary/aromatic N) is 3. The lowest BCUT2D eigenvalue weighted by Gasteiger charge is -2.22. The Balaban J connectivity index is 1.54. The first-order valence-electron chi connectivity index (χ1n) is 10.4. The van der Waals surface area contributed by atoms with Crippen molar-refractivity contribution in [3.63, 3.8) is 0 Å². The molecular formula is C22H23N5O4. The molecule has 2 N–H and O–H groups in total. The number of H-pyrrole nitrogens is 2.